The second kappa shape index (κ2) is 46.2. The van der Waals surface area contributed by atoms with Crippen molar-refractivity contribution in [3.8, 4) is 0 Å². The van der Waals surface area contributed by atoms with Crippen molar-refractivity contribution < 1.29 is 112 Å². The van der Waals surface area contributed by atoms with Gasteiger partial charge >= 0.3 is 17.9 Å². The summed E-state index contributed by atoms with van der Waals surface area (Å²) in [6.07, 6.45) is -7.53. The summed E-state index contributed by atoms with van der Waals surface area (Å²) in [5.41, 5.74) is 38.1. The monoisotopic (exact) mass is 1470 g/mol. The summed E-state index contributed by atoms with van der Waals surface area (Å²) in [6.45, 7) is 5.70. The first-order valence-corrected chi connectivity index (χ1v) is 33.0. The fourth-order valence-corrected chi connectivity index (χ4v) is 10.1. The molecule has 1 saturated heterocycles. The second-order valence-corrected chi connectivity index (χ2v) is 25.2. The fourth-order valence-electron chi connectivity index (χ4n) is 10.1. The minimum Gasteiger partial charge on any atom is -0.481 e. The quantitative estimate of drug-likeness (QED) is 0.0153. The van der Waals surface area contributed by atoms with Gasteiger partial charge in [0.25, 0.3) is 0 Å². The molecule has 1 aliphatic rings. The van der Waals surface area contributed by atoms with E-state index in [0.29, 0.717) is 0 Å². The smallest absolute Gasteiger partial charge is 0.326 e. The van der Waals surface area contributed by atoms with Crippen LogP contribution in [0.4, 0.5) is 0 Å². The molecule has 1 rings (SSSR count). The fraction of sp³-hybridized carbons (Fsp3) is 0.683. The normalized spacial score (nSPS) is 16.0. The number of aliphatic hydroxyl groups excluding tert-OH is 2. The molecule has 43 nitrogen and oxygen atoms in total. The predicted molar refractivity (Wildman–Crippen MR) is 358 cm³/mol. The maximum Gasteiger partial charge on any atom is 0.326 e. The first-order chi connectivity index (χ1) is 48.1. The lowest BCUT2D eigenvalue weighted by molar-refractivity contribution is -0.144. The third-order valence-corrected chi connectivity index (χ3v) is 15.4. The molecule has 0 saturated carbocycles. The first-order valence-electron chi connectivity index (χ1n) is 33.0. The molecule has 1 fully saturated rings. The minimum absolute atomic E-state index is 0.0296. The van der Waals surface area contributed by atoms with Gasteiger partial charge in [-0.05, 0) is 95.9 Å². The number of nitrogens with two attached hydrogens (primary N) is 7. The average Bonchev–Trinajstić information content (AvgIpc) is 1.58. The van der Waals surface area contributed by atoms with Gasteiger partial charge in [-0.15, -0.1) is 0 Å². The van der Waals surface area contributed by atoms with Gasteiger partial charge in [0.2, 0.25) is 88.6 Å². The lowest BCUT2D eigenvalue weighted by Gasteiger charge is -2.30. The number of nitrogens with zero attached hydrogens (tertiary/aromatic N) is 2. The Morgan fingerprint density at radius 3 is 1.37 bits per heavy atom. The number of unbranched alkanes of at least 4 members (excludes halogenated alkanes) is 1. The Morgan fingerprint density at radius 1 is 0.476 bits per heavy atom. The number of likely N-dealkylation sites (tertiary alicyclic amines) is 1. The zero-order chi connectivity index (χ0) is 78.5. The summed E-state index contributed by atoms with van der Waals surface area (Å²) in [6, 6.07) is -20.5. The average molecular weight is 1470 g/mol. The van der Waals surface area contributed by atoms with Crippen LogP contribution in [0.15, 0.2) is 4.99 Å². The molecule has 0 aromatic rings. The van der Waals surface area contributed by atoms with Gasteiger partial charge in [0, 0.05) is 25.9 Å². The number of carbonyl (C=O) groups is 18. The van der Waals surface area contributed by atoms with Crippen LogP contribution in [0.2, 0.25) is 0 Å². The van der Waals surface area contributed by atoms with Crippen LogP contribution in [0.3, 0.4) is 0 Å². The number of carboxylic acids is 3. The zero-order valence-corrected chi connectivity index (χ0v) is 58.0. The molecule has 1 aliphatic heterocycles. The van der Waals surface area contributed by atoms with Crippen LogP contribution in [0.1, 0.15) is 137 Å². The van der Waals surface area contributed by atoms with Gasteiger partial charge in [0.15, 0.2) is 5.96 Å². The van der Waals surface area contributed by atoms with Gasteiger partial charge in [-0.3, -0.25) is 86.5 Å². The molecular weight excluding hydrogens is 1370 g/mol. The summed E-state index contributed by atoms with van der Waals surface area (Å²) < 4.78 is 0. The lowest BCUT2D eigenvalue weighted by atomic mass is 10.00. The SMILES string of the molecule is CC(C)C[C@H](NC(=O)[C@H](CC(N)=O)NC(=O)[C@H](CC(C)C)NC(=O)[C@H](CO)NC(=O)[C@@H](N)[C@@H](C)O)C(=O)N[C@@H](CCC(N)=O)C(=O)N[C@@H](CCCCN)C(=O)N[C@@H](CC(=O)O)C(=O)N[C@@H](CCC(=O)O)C(=O)N1CCC[C@H]1C(=O)N[C@@H](CC(N)=O)C(=O)NCC(=O)N[C@@H](CCCN=C(N)N)C(=O)O. The molecule has 0 bridgehead atoms. The van der Waals surface area contributed by atoms with Gasteiger partial charge in [-0.25, -0.2) is 4.79 Å². The van der Waals surface area contributed by atoms with Crippen molar-refractivity contribution in [1.29, 1.82) is 0 Å². The Hall–Kier alpha value is -10.4. The summed E-state index contributed by atoms with van der Waals surface area (Å²) in [5, 5.41) is 74.0. The number of amides is 15. The van der Waals surface area contributed by atoms with Crippen LogP contribution < -0.4 is 98.6 Å². The Balaban J connectivity index is 3.60. The number of hydrogen-bond donors (Lipinski definition) is 23. The third kappa shape index (κ3) is 35.1. The maximum atomic E-state index is 14.4. The highest BCUT2D eigenvalue weighted by Gasteiger charge is 2.42. The Labute approximate surface area is 591 Å². The molecule has 0 aromatic carbocycles. The molecule has 0 unspecified atom stereocenters. The van der Waals surface area contributed by atoms with Crippen LogP contribution in [0.25, 0.3) is 0 Å². The molecule has 13 atom stereocenters. The predicted octanol–water partition coefficient (Wildman–Crippen LogP) is -10.6. The Kier molecular flexibility index (Phi) is 40.6. The molecular formula is C60H102N20O23. The van der Waals surface area contributed by atoms with E-state index >= 15 is 0 Å². The molecule has 30 N–H and O–H groups in total. The van der Waals surface area contributed by atoms with Crippen molar-refractivity contribution in [2.75, 3.05) is 32.8 Å². The van der Waals surface area contributed by atoms with Crippen LogP contribution in [0.5, 0.6) is 0 Å². The minimum atomic E-state index is -2.13. The number of carbonyl (C=O) groups excluding carboxylic acids is 15. The van der Waals surface area contributed by atoms with E-state index in [2.05, 4.69) is 63.5 Å². The number of aliphatic carboxylic acids is 3. The Morgan fingerprint density at radius 2 is 0.913 bits per heavy atom. The molecule has 0 aromatic heterocycles. The number of rotatable bonds is 50. The molecule has 1 heterocycles. The summed E-state index contributed by atoms with van der Waals surface area (Å²) in [5.74, 6) is -22.7. The van der Waals surface area contributed by atoms with E-state index in [1.807, 2.05) is 0 Å². The van der Waals surface area contributed by atoms with E-state index in [9.17, 15) is 112 Å². The van der Waals surface area contributed by atoms with Gasteiger partial charge < -0.3 is 129 Å². The number of nitrogens with one attached hydrogen (secondary N) is 11. The highest BCUT2D eigenvalue weighted by Crippen LogP contribution is 2.21. The molecule has 0 radical (unpaired) electrons. The van der Waals surface area contributed by atoms with E-state index in [1.165, 1.54) is 6.92 Å². The molecule has 103 heavy (non-hydrogen) atoms. The van der Waals surface area contributed by atoms with Crippen LogP contribution >= 0.6 is 0 Å². The van der Waals surface area contributed by atoms with Crippen molar-refractivity contribution >= 4 is 112 Å². The van der Waals surface area contributed by atoms with Gasteiger partial charge in [-0.1, -0.05) is 27.7 Å². The molecule has 0 spiro atoms. The molecule has 15 amide bonds. The second-order valence-electron chi connectivity index (χ2n) is 25.2. The zero-order valence-electron chi connectivity index (χ0n) is 58.0. The van der Waals surface area contributed by atoms with E-state index in [1.54, 1.807) is 27.7 Å². The summed E-state index contributed by atoms with van der Waals surface area (Å²) in [4.78, 5) is 243. The number of aliphatic imine (C=N–C) groups is 1. The van der Waals surface area contributed by atoms with Crippen LogP contribution in [-0.2, 0) is 86.3 Å². The number of guanidine groups is 1. The Bertz CT molecular complexity index is 3040. The first kappa shape index (κ1) is 90.6. The van der Waals surface area contributed by atoms with Crippen LogP contribution in [-0.4, -0.2) is 254 Å². The largest absolute Gasteiger partial charge is 0.481 e. The van der Waals surface area contributed by atoms with E-state index in [-0.39, 0.29) is 89.3 Å². The number of aliphatic hydroxyl groups is 2. The highest BCUT2D eigenvalue weighted by molar-refractivity contribution is 6.01. The van der Waals surface area contributed by atoms with Gasteiger partial charge in [0.05, 0.1) is 38.5 Å². The maximum absolute atomic E-state index is 14.4. The highest BCUT2D eigenvalue weighted by atomic mass is 16.4. The molecule has 580 valence electrons. The van der Waals surface area contributed by atoms with E-state index in [4.69, 9.17) is 40.1 Å². The number of hydrogen-bond acceptors (Lipinski definition) is 23. The van der Waals surface area contributed by atoms with Crippen molar-refractivity contribution in [3.05, 3.63) is 0 Å². The third-order valence-electron chi connectivity index (χ3n) is 15.4. The van der Waals surface area contributed by atoms with E-state index < -0.39 is 249 Å². The number of carboxylic acid groups (broad SMARTS) is 3. The van der Waals surface area contributed by atoms with Gasteiger partial charge in [-0.2, -0.15) is 0 Å². The van der Waals surface area contributed by atoms with Crippen molar-refractivity contribution in [2.24, 2.45) is 57.0 Å². The standard InChI is InChI=1S/C60H102N20O23/c1-27(2)20-34(74-53(96)37(23-43(64)85)76-52(95)35(21-28(3)4)75-55(98)39(26-81)79-57(100)47(65)29(5)82)51(94)72-31(13-15-41(62)83)50(93)71-30(10-6-7-17-61)49(92)77-38(24-46(89)90)54(97)73-32(14-16-45(87)88)58(101)80-19-9-12-40(80)56(99)78-36(22-42(63)84)48(91)69-25-44(86)70-33(59(102)103)11-8-18-68-60(66)67/h27-40,47,81-82H,6-26,61,65H2,1-5H3,(H2,62,83)(H2,63,84)(H2,64,85)(H,69,91)(H,70,86)(H,71,93)(H,72,94)(H,73,97)(H,74,96)(H,75,98)(H,76,95)(H,77,92)(H,78,99)(H,79,100)(H,87,88)(H,89,90)(H,102,103)(H4,66,67,68)/t29-,30+,31+,32+,33+,34+,35+,36+,37+,38+,39+,40+,47+/m1/s1. The van der Waals surface area contributed by atoms with E-state index in [0.717, 1.165) is 4.90 Å². The van der Waals surface area contributed by atoms with Gasteiger partial charge in [0.1, 0.15) is 72.5 Å². The summed E-state index contributed by atoms with van der Waals surface area (Å²) >= 11 is 0. The molecule has 0 aliphatic carbocycles. The molecule has 43 heteroatoms. The van der Waals surface area contributed by atoms with Crippen molar-refractivity contribution in [1.82, 2.24) is 63.4 Å². The summed E-state index contributed by atoms with van der Waals surface area (Å²) in [7, 11) is 0. The van der Waals surface area contributed by atoms with Crippen LogP contribution in [0, 0.1) is 11.8 Å². The topological polar surface area (TPSA) is 738 Å². The van der Waals surface area contributed by atoms with Crippen molar-refractivity contribution in [2.45, 2.75) is 216 Å². The lowest BCUT2D eigenvalue weighted by Crippen LogP contribution is -2.61. The number of primary amides is 3. The van der Waals surface area contributed by atoms with Crippen molar-refractivity contribution in [3.63, 3.8) is 0 Å².